The number of benzene rings is 2. The van der Waals surface area contributed by atoms with Gasteiger partial charge in [-0.2, -0.15) is 0 Å². The zero-order chi connectivity index (χ0) is 17.8. The Kier molecular flexibility index (Phi) is 5.36. The number of ether oxygens (including phenoxy) is 1. The van der Waals surface area contributed by atoms with Gasteiger partial charge in [0.05, 0.1) is 18.1 Å². The molecule has 1 saturated heterocycles. The van der Waals surface area contributed by atoms with Crippen LogP contribution in [-0.2, 0) is 9.53 Å². The molecule has 0 radical (unpaired) electrons. The molecule has 2 aromatic rings. The van der Waals surface area contributed by atoms with Crippen molar-refractivity contribution in [2.45, 2.75) is 32.0 Å². The molecule has 2 N–H and O–H groups in total. The van der Waals surface area contributed by atoms with Crippen LogP contribution in [0.25, 0.3) is 0 Å². The predicted molar refractivity (Wildman–Crippen MR) is 96.9 cm³/mol. The van der Waals surface area contributed by atoms with Gasteiger partial charge in [0.1, 0.15) is 0 Å². The minimum absolute atomic E-state index is 0.165. The quantitative estimate of drug-likeness (QED) is 0.664. The van der Waals surface area contributed by atoms with E-state index in [2.05, 4.69) is 18.7 Å². The van der Waals surface area contributed by atoms with E-state index in [1.54, 1.807) is 5.48 Å². The third-order valence-corrected chi connectivity index (χ3v) is 4.49. The maximum atomic E-state index is 12.3. The highest BCUT2D eigenvalue weighted by molar-refractivity contribution is 5.86. The summed E-state index contributed by atoms with van der Waals surface area (Å²) in [6.07, 6.45) is 0.330. The monoisotopic (exact) mass is 340 g/mol. The molecule has 2 aromatic carbocycles. The van der Waals surface area contributed by atoms with Crippen molar-refractivity contribution in [1.29, 1.82) is 0 Å². The van der Waals surface area contributed by atoms with E-state index in [4.69, 9.17) is 4.74 Å². The number of hydrogen-bond acceptors (Lipinski definition) is 4. The van der Waals surface area contributed by atoms with Crippen molar-refractivity contribution in [3.8, 4) is 0 Å². The highest BCUT2D eigenvalue weighted by Crippen LogP contribution is 2.29. The largest absolute Gasteiger partial charge is 0.372 e. The number of carbonyl (C=O) groups excluding carboxylic acids is 1. The van der Waals surface area contributed by atoms with E-state index in [9.17, 15) is 10.0 Å². The summed E-state index contributed by atoms with van der Waals surface area (Å²) in [5.41, 5.74) is 4.56. The molecule has 0 saturated carbocycles. The Hall–Kier alpha value is -2.37. The fraction of sp³-hybridized carbons (Fsp3) is 0.350. The summed E-state index contributed by atoms with van der Waals surface area (Å²) in [5, 5.41) is 9.19. The smallest absolute Gasteiger partial charge is 0.255 e. The number of anilines is 1. The molecule has 3 atom stereocenters. The Morgan fingerprint density at radius 1 is 1.08 bits per heavy atom. The molecule has 1 amide bonds. The third kappa shape index (κ3) is 4.00. The minimum atomic E-state index is -0.554. The average Bonchev–Trinajstić information content (AvgIpc) is 2.62. The zero-order valence-electron chi connectivity index (χ0n) is 14.6. The van der Waals surface area contributed by atoms with Gasteiger partial charge in [-0.05, 0) is 37.1 Å². The molecule has 1 heterocycles. The van der Waals surface area contributed by atoms with Crippen LogP contribution in [0.5, 0.6) is 0 Å². The number of hydrogen-bond donors (Lipinski definition) is 2. The summed E-state index contributed by atoms with van der Waals surface area (Å²) in [6.45, 7) is 5.77. The lowest BCUT2D eigenvalue weighted by molar-refractivity contribution is -0.129. The van der Waals surface area contributed by atoms with Crippen LogP contribution in [0.15, 0.2) is 54.6 Å². The lowest BCUT2D eigenvalue weighted by Crippen LogP contribution is -2.45. The van der Waals surface area contributed by atoms with Crippen LogP contribution in [0.1, 0.15) is 30.9 Å². The molecular weight excluding hydrogens is 316 g/mol. The molecule has 1 aliphatic heterocycles. The Morgan fingerprint density at radius 3 is 2.36 bits per heavy atom. The third-order valence-electron chi connectivity index (χ3n) is 4.49. The summed E-state index contributed by atoms with van der Waals surface area (Å²) in [6, 6.07) is 17.4. The number of rotatable bonds is 4. The van der Waals surface area contributed by atoms with E-state index in [1.807, 2.05) is 54.6 Å². The number of carbonyl (C=O) groups is 1. The van der Waals surface area contributed by atoms with Crippen LogP contribution in [0, 0.1) is 0 Å². The topological polar surface area (TPSA) is 61.8 Å². The summed E-state index contributed by atoms with van der Waals surface area (Å²) in [5.74, 6) is -0.992. The van der Waals surface area contributed by atoms with Gasteiger partial charge in [-0.1, -0.05) is 42.5 Å². The van der Waals surface area contributed by atoms with Gasteiger partial charge in [0.25, 0.3) is 5.91 Å². The standard InChI is InChI=1S/C20H24N2O3/c1-14-12-22(13-15(2)25-14)18-10-6-9-17(11-18)19(20(23)21-24)16-7-4-3-5-8-16/h3-11,14-15,19,24H,12-13H2,1-2H3,(H,21,23). The first kappa shape index (κ1) is 17.5. The normalized spacial score (nSPS) is 21.6. The second-order valence-electron chi connectivity index (χ2n) is 6.58. The number of hydroxylamine groups is 1. The van der Waals surface area contributed by atoms with Crippen molar-refractivity contribution >= 4 is 11.6 Å². The molecule has 132 valence electrons. The first-order valence-corrected chi connectivity index (χ1v) is 8.57. The minimum Gasteiger partial charge on any atom is -0.372 e. The van der Waals surface area contributed by atoms with Crippen LogP contribution in [0.4, 0.5) is 5.69 Å². The van der Waals surface area contributed by atoms with Crippen molar-refractivity contribution in [3.63, 3.8) is 0 Å². The van der Waals surface area contributed by atoms with Gasteiger partial charge in [-0.25, -0.2) is 5.48 Å². The van der Waals surface area contributed by atoms with Crippen LogP contribution in [-0.4, -0.2) is 36.4 Å². The van der Waals surface area contributed by atoms with Crippen molar-refractivity contribution in [1.82, 2.24) is 5.48 Å². The van der Waals surface area contributed by atoms with E-state index < -0.39 is 11.8 Å². The second kappa shape index (κ2) is 7.68. The Morgan fingerprint density at radius 2 is 1.72 bits per heavy atom. The SMILES string of the molecule is CC1CN(c2cccc(C(C(=O)NO)c3ccccc3)c2)CC(C)O1. The van der Waals surface area contributed by atoms with Crippen molar-refractivity contribution in [3.05, 3.63) is 65.7 Å². The van der Waals surface area contributed by atoms with Gasteiger partial charge in [0, 0.05) is 18.8 Å². The average molecular weight is 340 g/mol. The highest BCUT2D eigenvalue weighted by atomic mass is 16.5. The molecule has 0 aliphatic carbocycles. The Bertz CT molecular complexity index is 710. The van der Waals surface area contributed by atoms with Gasteiger partial charge in [-0.3, -0.25) is 10.0 Å². The van der Waals surface area contributed by atoms with Crippen LogP contribution in [0.3, 0.4) is 0 Å². The van der Waals surface area contributed by atoms with Gasteiger partial charge < -0.3 is 9.64 Å². The molecule has 0 aromatic heterocycles. The Balaban J connectivity index is 1.94. The molecule has 1 fully saturated rings. The first-order valence-electron chi connectivity index (χ1n) is 8.57. The zero-order valence-corrected chi connectivity index (χ0v) is 14.6. The molecular formula is C20H24N2O3. The number of nitrogens with one attached hydrogen (secondary N) is 1. The molecule has 5 heteroatoms. The van der Waals surface area contributed by atoms with Crippen LogP contribution in [0.2, 0.25) is 0 Å². The molecule has 3 unspecified atom stereocenters. The van der Waals surface area contributed by atoms with E-state index in [-0.39, 0.29) is 12.2 Å². The first-order chi connectivity index (χ1) is 12.1. The number of amides is 1. The van der Waals surface area contributed by atoms with E-state index in [0.29, 0.717) is 0 Å². The molecule has 25 heavy (non-hydrogen) atoms. The van der Waals surface area contributed by atoms with Gasteiger partial charge in [0.2, 0.25) is 0 Å². The molecule has 5 nitrogen and oxygen atoms in total. The Labute approximate surface area is 148 Å². The van der Waals surface area contributed by atoms with E-state index >= 15 is 0 Å². The summed E-state index contributed by atoms with van der Waals surface area (Å²) in [7, 11) is 0. The van der Waals surface area contributed by atoms with Crippen molar-refractivity contribution in [2.75, 3.05) is 18.0 Å². The van der Waals surface area contributed by atoms with Crippen LogP contribution < -0.4 is 10.4 Å². The van der Waals surface area contributed by atoms with E-state index in [1.165, 1.54) is 0 Å². The number of nitrogens with zero attached hydrogens (tertiary/aromatic N) is 1. The fourth-order valence-corrected chi connectivity index (χ4v) is 3.50. The maximum absolute atomic E-state index is 12.3. The van der Waals surface area contributed by atoms with Crippen molar-refractivity contribution in [2.24, 2.45) is 0 Å². The van der Waals surface area contributed by atoms with Gasteiger partial charge >= 0.3 is 0 Å². The summed E-state index contributed by atoms with van der Waals surface area (Å²) in [4.78, 5) is 14.6. The molecule has 0 spiro atoms. The highest BCUT2D eigenvalue weighted by Gasteiger charge is 2.25. The fourth-order valence-electron chi connectivity index (χ4n) is 3.50. The van der Waals surface area contributed by atoms with Gasteiger partial charge in [0.15, 0.2) is 0 Å². The van der Waals surface area contributed by atoms with Crippen LogP contribution >= 0.6 is 0 Å². The lowest BCUT2D eigenvalue weighted by atomic mass is 9.90. The molecule has 3 rings (SSSR count). The predicted octanol–water partition coefficient (Wildman–Crippen LogP) is 2.94. The number of morpholine rings is 1. The van der Waals surface area contributed by atoms with E-state index in [0.717, 1.165) is 29.9 Å². The molecule has 0 bridgehead atoms. The van der Waals surface area contributed by atoms with Gasteiger partial charge in [-0.15, -0.1) is 0 Å². The summed E-state index contributed by atoms with van der Waals surface area (Å²) < 4.78 is 5.80. The molecule has 1 aliphatic rings. The lowest BCUT2D eigenvalue weighted by Gasteiger charge is -2.37. The van der Waals surface area contributed by atoms with Crippen molar-refractivity contribution < 1.29 is 14.7 Å². The second-order valence-corrected chi connectivity index (χ2v) is 6.58. The maximum Gasteiger partial charge on any atom is 0.255 e. The summed E-state index contributed by atoms with van der Waals surface area (Å²) >= 11 is 0.